The standard InChI is InChI=1S/C25H20N2O4/c1-30-17-13-11-16(12-14-17)23-15-20(18-7-3-5-9-21(18)26-23)24(28)27-22-10-6-4-8-19(22)25(29)31-2/h3-15H,1-2H3,(H,27,28). The van der Waals surface area contributed by atoms with Crippen LogP contribution in [0.4, 0.5) is 5.69 Å². The molecule has 4 rings (SSSR count). The second kappa shape index (κ2) is 8.67. The quantitative estimate of drug-likeness (QED) is 0.469. The van der Waals surface area contributed by atoms with E-state index in [0.29, 0.717) is 27.8 Å². The Morgan fingerprint density at radius 3 is 2.29 bits per heavy atom. The van der Waals surface area contributed by atoms with Gasteiger partial charge in [0.15, 0.2) is 0 Å². The van der Waals surface area contributed by atoms with E-state index in [9.17, 15) is 9.59 Å². The van der Waals surface area contributed by atoms with Crippen molar-refractivity contribution in [2.45, 2.75) is 0 Å². The first kappa shape index (κ1) is 20.1. The highest BCUT2D eigenvalue weighted by Crippen LogP contribution is 2.27. The van der Waals surface area contributed by atoms with Gasteiger partial charge < -0.3 is 14.8 Å². The molecule has 31 heavy (non-hydrogen) atoms. The molecule has 0 spiro atoms. The predicted molar refractivity (Wildman–Crippen MR) is 119 cm³/mol. The number of nitrogens with one attached hydrogen (secondary N) is 1. The third-order valence-corrected chi connectivity index (χ3v) is 4.93. The predicted octanol–water partition coefficient (Wildman–Crippen LogP) is 4.95. The second-order valence-electron chi connectivity index (χ2n) is 6.79. The molecule has 0 radical (unpaired) electrons. The number of benzene rings is 3. The van der Waals surface area contributed by atoms with E-state index in [1.165, 1.54) is 7.11 Å². The Morgan fingerprint density at radius 1 is 0.839 bits per heavy atom. The van der Waals surface area contributed by atoms with Gasteiger partial charge in [-0.25, -0.2) is 9.78 Å². The molecule has 1 amide bonds. The van der Waals surface area contributed by atoms with Crippen LogP contribution in [0.1, 0.15) is 20.7 Å². The molecule has 1 aromatic heterocycles. The first-order valence-electron chi connectivity index (χ1n) is 9.63. The number of esters is 1. The number of carbonyl (C=O) groups excluding carboxylic acids is 2. The molecular weight excluding hydrogens is 392 g/mol. The molecule has 0 bridgehead atoms. The molecule has 0 aliphatic heterocycles. The number of para-hydroxylation sites is 2. The number of methoxy groups -OCH3 is 2. The van der Waals surface area contributed by atoms with Crippen LogP contribution in [0.2, 0.25) is 0 Å². The summed E-state index contributed by atoms with van der Waals surface area (Å²) in [6, 6.07) is 23.4. The lowest BCUT2D eigenvalue weighted by Crippen LogP contribution is -2.16. The number of anilines is 1. The van der Waals surface area contributed by atoms with Crippen LogP contribution in [-0.4, -0.2) is 31.1 Å². The van der Waals surface area contributed by atoms with Crippen molar-refractivity contribution < 1.29 is 19.1 Å². The van der Waals surface area contributed by atoms with Gasteiger partial charge in [-0.05, 0) is 48.5 Å². The Balaban J connectivity index is 1.78. The van der Waals surface area contributed by atoms with Crippen LogP contribution >= 0.6 is 0 Å². The van der Waals surface area contributed by atoms with Gasteiger partial charge in [-0.3, -0.25) is 4.79 Å². The number of nitrogens with zero attached hydrogens (tertiary/aromatic N) is 1. The van der Waals surface area contributed by atoms with Gasteiger partial charge in [-0.15, -0.1) is 0 Å². The van der Waals surface area contributed by atoms with Gasteiger partial charge in [0.2, 0.25) is 0 Å². The van der Waals surface area contributed by atoms with E-state index in [0.717, 1.165) is 11.3 Å². The van der Waals surface area contributed by atoms with Crippen molar-refractivity contribution in [3.63, 3.8) is 0 Å². The van der Waals surface area contributed by atoms with Crippen molar-refractivity contribution in [3.05, 3.63) is 90.0 Å². The van der Waals surface area contributed by atoms with Gasteiger partial charge >= 0.3 is 5.97 Å². The first-order valence-corrected chi connectivity index (χ1v) is 9.63. The zero-order valence-corrected chi connectivity index (χ0v) is 17.1. The molecule has 1 N–H and O–H groups in total. The Bertz CT molecular complexity index is 1270. The summed E-state index contributed by atoms with van der Waals surface area (Å²) >= 11 is 0. The van der Waals surface area contributed by atoms with Crippen LogP contribution in [0.25, 0.3) is 22.2 Å². The van der Waals surface area contributed by atoms with Crippen molar-refractivity contribution in [2.24, 2.45) is 0 Å². The molecule has 0 aliphatic carbocycles. The first-order chi connectivity index (χ1) is 15.1. The summed E-state index contributed by atoms with van der Waals surface area (Å²) in [6.07, 6.45) is 0. The third kappa shape index (κ3) is 4.09. The minimum absolute atomic E-state index is 0.284. The molecule has 0 aliphatic rings. The number of hydrogen-bond acceptors (Lipinski definition) is 5. The van der Waals surface area contributed by atoms with Gasteiger partial charge in [0, 0.05) is 10.9 Å². The van der Waals surface area contributed by atoms with E-state index in [1.807, 2.05) is 48.5 Å². The number of carbonyl (C=O) groups is 2. The molecule has 0 unspecified atom stereocenters. The van der Waals surface area contributed by atoms with Gasteiger partial charge in [0.1, 0.15) is 5.75 Å². The highest BCUT2D eigenvalue weighted by atomic mass is 16.5. The number of hydrogen-bond donors (Lipinski definition) is 1. The number of rotatable bonds is 5. The van der Waals surface area contributed by atoms with Crippen LogP contribution < -0.4 is 10.1 Å². The van der Waals surface area contributed by atoms with Crippen molar-refractivity contribution in [2.75, 3.05) is 19.5 Å². The molecule has 0 fully saturated rings. The number of pyridine rings is 1. The lowest BCUT2D eigenvalue weighted by atomic mass is 10.0. The fourth-order valence-electron chi connectivity index (χ4n) is 3.34. The number of ether oxygens (including phenoxy) is 2. The van der Waals surface area contributed by atoms with E-state index in [4.69, 9.17) is 14.5 Å². The topological polar surface area (TPSA) is 77.5 Å². The number of fused-ring (bicyclic) bond motifs is 1. The summed E-state index contributed by atoms with van der Waals surface area (Å²) in [5.41, 5.74) is 3.33. The lowest BCUT2D eigenvalue weighted by molar-refractivity contribution is 0.0602. The van der Waals surface area contributed by atoms with Gasteiger partial charge in [-0.2, -0.15) is 0 Å². The Labute approximate surface area is 179 Å². The molecule has 4 aromatic rings. The zero-order chi connectivity index (χ0) is 21.8. The Morgan fingerprint density at radius 2 is 1.55 bits per heavy atom. The second-order valence-corrected chi connectivity index (χ2v) is 6.79. The highest BCUT2D eigenvalue weighted by molar-refractivity contribution is 6.14. The highest BCUT2D eigenvalue weighted by Gasteiger charge is 2.17. The minimum Gasteiger partial charge on any atom is -0.497 e. The Kier molecular flexibility index (Phi) is 5.62. The summed E-state index contributed by atoms with van der Waals surface area (Å²) < 4.78 is 10.0. The fourth-order valence-corrected chi connectivity index (χ4v) is 3.34. The van der Waals surface area contributed by atoms with Crippen molar-refractivity contribution >= 4 is 28.5 Å². The summed E-state index contributed by atoms with van der Waals surface area (Å²) in [6.45, 7) is 0. The van der Waals surface area contributed by atoms with Crippen molar-refractivity contribution in [1.29, 1.82) is 0 Å². The van der Waals surface area contributed by atoms with Gasteiger partial charge in [0.05, 0.1) is 42.2 Å². The van der Waals surface area contributed by atoms with Crippen molar-refractivity contribution in [3.8, 4) is 17.0 Å². The van der Waals surface area contributed by atoms with Crippen LogP contribution in [0.5, 0.6) is 5.75 Å². The van der Waals surface area contributed by atoms with Crippen molar-refractivity contribution in [1.82, 2.24) is 4.98 Å². The van der Waals surface area contributed by atoms with Crippen LogP contribution in [0.15, 0.2) is 78.9 Å². The molecule has 0 atom stereocenters. The normalized spacial score (nSPS) is 10.5. The van der Waals surface area contributed by atoms with E-state index in [1.54, 1.807) is 37.4 Å². The number of amides is 1. The largest absolute Gasteiger partial charge is 0.497 e. The third-order valence-electron chi connectivity index (χ3n) is 4.93. The Hall–Kier alpha value is -4.19. The van der Waals surface area contributed by atoms with Gasteiger partial charge in [-0.1, -0.05) is 30.3 Å². The molecule has 6 nitrogen and oxygen atoms in total. The van der Waals surface area contributed by atoms with E-state index in [2.05, 4.69) is 5.32 Å². The lowest BCUT2D eigenvalue weighted by Gasteiger charge is -2.13. The summed E-state index contributed by atoms with van der Waals surface area (Å²) in [4.78, 5) is 30.0. The maximum absolute atomic E-state index is 13.3. The number of aromatic nitrogens is 1. The summed E-state index contributed by atoms with van der Waals surface area (Å²) in [5.74, 6) is -0.124. The molecular formula is C25H20N2O4. The average Bonchev–Trinajstić information content (AvgIpc) is 2.83. The van der Waals surface area contributed by atoms with E-state index >= 15 is 0 Å². The molecule has 0 saturated carbocycles. The minimum atomic E-state index is -0.519. The SMILES string of the molecule is COC(=O)c1ccccc1NC(=O)c1cc(-c2ccc(OC)cc2)nc2ccccc12. The smallest absolute Gasteiger partial charge is 0.339 e. The molecule has 154 valence electrons. The van der Waals surface area contributed by atoms with Crippen LogP contribution in [-0.2, 0) is 4.74 Å². The summed E-state index contributed by atoms with van der Waals surface area (Å²) in [7, 11) is 2.91. The average molecular weight is 412 g/mol. The monoisotopic (exact) mass is 412 g/mol. The fraction of sp³-hybridized carbons (Fsp3) is 0.0800. The maximum atomic E-state index is 13.3. The van der Waals surface area contributed by atoms with E-state index in [-0.39, 0.29) is 11.5 Å². The summed E-state index contributed by atoms with van der Waals surface area (Å²) in [5, 5.41) is 3.56. The molecule has 0 saturated heterocycles. The van der Waals surface area contributed by atoms with Crippen LogP contribution in [0.3, 0.4) is 0 Å². The molecule has 6 heteroatoms. The zero-order valence-electron chi connectivity index (χ0n) is 17.1. The molecule has 1 heterocycles. The van der Waals surface area contributed by atoms with Crippen LogP contribution in [0, 0.1) is 0 Å². The molecule has 3 aromatic carbocycles. The van der Waals surface area contributed by atoms with Gasteiger partial charge in [0.25, 0.3) is 5.91 Å². The maximum Gasteiger partial charge on any atom is 0.339 e. The van der Waals surface area contributed by atoms with E-state index < -0.39 is 5.97 Å².